The van der Waals surface area contributed by atoms with Gasteiger partial charge in [0.1, 0.15) is 11.2 Å². The van der Waals surface area contributed by atoms with Crippen molar-refractivity contribution in [3.63, 3.8) is 0 Å². The van der Waals surface area contributed by atoms with E-state index in [2.05, 4.69) is 0 Å². The van der Waals surface area contributed by atoms with E-state index in [9.17, 15) is 19.2 Å². The molecule has 0 saturated heterocycles. The van der Waals surface area contributed by atoms with Crippen LogP contribution in [0.15, 0.2) is 0 Å². The van der Waals surface area contributed by atoms with Gasteiger partial charge in [-0.25, -0.2) is 0 Å². The van der Waals surface area contributed by atoms with Crippen molar-refractivity contribution in [2.24, 2.45) is 11.3 Å². The molecule has 0 spiro atoms. The van der Waals surface area contributed by atoms with Gasteiger partial charge in [0.15, 0.2) is 5.92 Å². The Balaban J connectivity index is 2.97. The lowest BCUT2D eigenvalue weighted by atomic mass is 9.69. The predicted molar refractivity (Wildman–Crippen MR) is 88.5 cm³/mol. The molecule has 25 heavy (non-hydrogen) atoms. The topological polar surface area (TPSA) is 96.0 Å². The van der Waals surface area contributed by atoms with E-state index in [1.54, 1.807) is 20.8 Å². The van der Waals surface area contributed by atoms with Crippen molar-refractivity contribution in [1.29, 1.82) is 0 Å². The maximum Gasteiger partial charge on any atom is 0.320 e. The van der Waals surface area contributed by atoms with Gasteiger partial charge in [-0.2, -0.15) is 0 Å². The Kier molecular flexibility index (Phi) is 8.58. The first-order valence-corrected chi connectivity index (χ1v) is 8.96. The molecular weight excluding hydrogens is 328 g/mol. The van der Waals surface area contributed by atoms with Gasteiger partial charge >= 0.3 is 17.9 Å². The van der Waals surface area contributed by atoms with E-state index < -0.39 is 29.2 Å². The summed E-state index contributed by atoms with van der Waals surface area (Å²) in [5.74, 6) is -3.26. The average molecular weight is 356 g/mol. The Morgan fingerprint density at radius 2 is 1.52 bits per heavy atom. The number of ketones is 1. The maximum absolute atomic E-state index is 12.5. The van der Waals surface area contributed by atoms with Gasteiger partial charge in [0.2, 0.25) is 0 Å². The zero-order valence-corrected chi connectivity index (χ0v) is 15.3. The van der Waals surface area contributed by atoms with Crippen LogP contribution in [0.3, 0.4) is 0 Å². The van der Waals surface area contributed by atoms with Crippen LogP contribution < -0.4 is 0 Å². The summed E-state index contributed by atoms with van der Waals surface area (Å²) in [4.78, 5) is 49.1. The number of Topliss-reactive ketones (excluding diaryl/α,β-unsaturated/α-hetero) is 1. The van der Waals surface area contributed by atoms with E-state index in [-0.39, 0.29) is 38.4 Å². The highest BCUT2D eigenvalue weighted by Gasteiger charge is 2.48. The van der Waals surface area contributed by atoms with Gasteiger partial charge < -0.3 is 14.2 Å². The van der Waals surface area contributed by atoms with Gasteiger partial charge in [-0.1, -0.05) is 6.42 Å². The number of esters is 3. The van der Waals surface area contributed by atoms with Crippen molar-refractivity contribution < 1.29 is 33.4 Å². The third kappa shape index (κ3) is 5.28. The summed E-state index contributed by atoms with van der Waals surface area (Å²) < 4.78 is 15.0. The normalized spacial score (nSPS) is 20.2. The molecule has 142 valence electrons. The number of hydrogen-bond acceptors (Lipinski definition) is 7. The van der Waals surface area contributed by atoms with Crippen LogP contribution in [0.2, 0.25) is 0 Å². The van der Waals surface area contributed by atoms with Gasteiger partial charge in [0, 0.05) is 6.42 Å². The summed E-state index contributed by atoms with van der Waals surface area (Å²) >= 11 is 0. The summed E-state index contributed by atoms with van der Waals surface area (Å²) in [7, 11) is 0. The summed E-state index contributed by atoms with van der Waals surface area (Å²) in [5, 5.41) is 0. The standard InChI is InChI=1S/C18H28O7/c1-4-23-15(20)13(16(21)24-5-2)10-12-18(17(22)25-6-3)11-8-7-9-14(18)19/h13H,4-12H2,1-3H3. The molecule has 1 saturated carbocycles. The Morgan fingerprint density at radius 1 is 0.960 bits per heavy atom. The molecule has 1 aliphatic rings. The van der Waals surface area contributed by atoms with Gasteiger partial charge in [-0.05, 0) is 46.5 Å². The molecule has 0 aliphatic heterocycles. The molecule has 0 aromatic heterocycles. The number of rotatable bonds is 9. The van der Waals surface area contributed by atoms with Crippen LogP contribution in [0.5, 0.6) is 0 Å². The number of ether oxygens (including phenoxy) is 3. The number of carbonyl (C=O) groups is 4. The smallest absolute Gasteiger partial charge is 0.320 e. The third-order valence-electron chi connectivity index (χ3n) is 4.46. The minimum atomic E-state index is -1.27. The fourth-order valence-electron chi connectivity index (χ4n) is 3.15. The van der Waals surface area contributed by atoms with Crippen molar-refractivity contribution >= 4 is 23.7 Å². The monoisotopic (exact) mass is 356 g/mol. The zero-order chi connectivity index (χ0) is 18.9. The van der Waals surface area contributed by atoms with Gasteiger partial charge in [0.25, 0.3) is 0 Å². The van der Waals surface area contributed by atoms with E-state index in [4.69, 9.17) is 14.2 Å². The lowest BCUT2D eigenvalue weighted by molar-refractivity contribution is -0.168. The Bertz CT molecular complexity index is 482. The van der Waals surface area contributed by atoms with Crippen molar-refractivity contribution in [2.75, 3.05) is 19.8 Å². The summed E-state index contributed by atoms with van der Waals surface area (Å²) in [6.07, 6.45) is 2.24. The zero-order valence-electron chi connectivity index (χ0n) is 15.3. The fraction of sp³-hybridized carbons (Fsp3) is 0.778. The van der Waals surface area contributed by atoms with Crippen LogP contribution in [0.25, 0.3) is 0 Å². The highest BCUT2D eigenvalue weighted by Crippen LogP contribution is 2.40. The lowest BCUT2D eigenvalue weighted by Gasteiger charge is -2.33. The van der Waals surface area contributed by atoms with Crippen LogP contribution in [-0.2, 0) is 33.4 Å². The molecule has 0 heterocycles. The van der Waals surface area contributed by atoms with Gasteiger partial charge in [-0.15, -0.1) is 0 Å². The molecule has 0 N–H and O–H groups in total. The van der Waals surface area contributed by atoms with Gasteiger partial charge in [-0.3, -0.25) is 19.2 Å². The minimum absolute atomic E-state index is 0.0161. The fourth-order valence-corrected chi connectivity index (χ4v) is 3.15. The Labute approximate surface area is 148 Å². The quantitative estimate of drug-likeness (QED) is 0.355. The van der Waals surface area contributed by atoms with Gasteiger partial charge in [0.05, 0.1) is 19.8 Å². The largest absolute Gasteiger partial charge is 0.465 e. The molecule has 0 amide bonds. The predicted octanol–water partition coefficient (Wildman–Crippen LogP) is 2.20. The molecule has 7 nitrogen and oxygen atoms in total. The molecule has 1 unspecified atom stereocenters. The van der Waals surface area contributed by atoms with E-state index in [1.807, 2.05) is 0 Å². The van der Waals surface area contributed by atoms with E-state index in [0.717, 1.165) is 12.8 Å². The van der Waals surface area contributed by atoms with E-state index in [1.165, 1.54) is 0 Å². The van der Waals surface area contributed by atoms with Crippen LogP contribution in [0.4, 0.5) is 0 Å². The van der Waals surface area contributed by atoms with E-state index in [0.29, 0.717) is 12.8 Å². The molecule has 0 radical (unpaired) electrons. The first-order valence-electron chi connectivity index (χ1n) is 8.96. The molecule has 0 aromatic rings. The second-order valence-electron chi connectivity index (χ2n) is 6.03. The molecule has 1 fully saturated rings. The molecular formula is C18H28O7. The average Bonchev–Trinajstić information content (AvgIpc) is 2.57. The second-order valence-corrected chi connectivity index (χ2v) is 6.03. The van der Waals surface area contributed by atoms with Crippen LogP contribution >= 0.6 is 0 Å². The molecule has 0 aromatic carbocycles. The second kappa shape index (κ2) is 10.2. The number of hydrogen-bond donors (Lipinski definition) is 0. The first-order chi connectivity index (χ1) is 11.9. The Morgan fingerprint density at radius 3 is 2.00 bits per heavy atom. The summed E-state index contributed by atoms with van der Waals surface area (Å²) in [6.45, 7) is 5.41. The highest BCUT2D eigenvalue weighted by molar-refractivity contribution is 6.04. The maximum atomic E-state index is 12.5. The molecule has 7 heteroatoms. The van der Waals surface area contributed by atoms with Crippen molar-refractivity contribution in [3.8, 4) is 0 Å². The van der Waals surface area contributed by atoms with Crippen LogP contribution in [0, 0.1) is 11.3 Å². The van der Waals surface area contributed by atoms with Crippen molar-refractivity contribution in [2.45, 2.75) is 59.3 Å². The van der Waals surface area contributed by atoms with Crippen LogP contribution in [-0.4, -0.2) is 43.5 Å². The minimum Gasteiger partial charge on any atom is -0.465 e. The molecule has 1 aliphatic carbocycles. The number of carbonyl (C=O) groups excluding carboxylic acids is 4. The molecule has 1 rings (SSSR count). The molecule has 0 bridgehead atoms. The first kappa shape index (κ1) is 21.1. The van der Waals surface area contributed by atoms with Crippen molar-refractivity contribution in [1.82, 2.24) is 0 Å². The Hall–Kier alpha value is -1.92. The molecule has 1 atom stereocenters. The van der Waals surface area contributed by atoms with Crippen LogP contribution in [0.1, 0.15) is 59.3 Å². The van der Waals surface area contributed by atoms with E-state index >= 15 is 0 Å². The summed E-state index contributed by atoms with van der Waals surface area (Å²) in [5.41, 5.74) is -1.27. The lowest BCUT2D eigenvalue weighted by Crippen LogP contribution is -2.44. The third-order valence-corrected chi connectivity index (χ3v) is 4.46. The SMILES string of the molecule is CCOC(=O)C(CCC1(C(=O)OCC)CCCCC1=O)C(=O)OCC. The van der Waals surface area contributed by atoms with Crippen molar-refractivity contribution in [3.05, 3.63) is 0 Å². The highest BCUT2D eigenvalue weighted by atomic mass is 16.6. The summed E-state index contributed by atoms with van der Waals surface area (Å²) in [6, 6.07) is 0.